The molecule has 0 aliphatic carbocycles. The van der Waals surface area contributed by atoms with E-state index in [4.69, 9.17) is 14.6 Å². The molecule has 1 aromatic rings. The first kappa shape index (κ1) is 21.4. The van der Waals surface area contributed by atoms with E-state index < -0.39 is 17.5 Å². The Morgan fingerprint density at radius 3 is 2.42 bits per heavy atom. The van der Waals surface area contributed by atoms with Crippen LogP contribution in [-0.2, 0) is 19.1 Å². The summed E-state index contributed by atoms with van der Waals surface area (Å²) >= 11 is 0. The molecule has 1 aromatic carbocycles. The van der Waals surface area contributed by atoms with Crippen LogP contribution in [0.5, 0.6) is 0 Å². The van der Waals surface area contributed by atoms with E-state index in [0.717, 1.165) is 6.08 Å². The van der Waals surface area contributed by atoms with Gasteiger partial charge in [-0.3, -0.25) is 9.59 Å². The van der Waals surface area contributed by atoms with Crippen LogP contribution in [0.25, 0.3) is 0 Å². The van der Waals surface area contributed by atoms with E-state index in [1.807, 2.05) is 0 Å². The lowest BCUT2D eigenvalue weighted by Crippen LogP contribution is -2.36. The maximum Gasteiger partial charge on any atom is 0.330 e. The number of anilines is 1. The van der Waals surface area contributed by atoms with Gasteiger partial charge in [-0.25, -0.2) is 4.79 Å². The molecule has 0 spiro atoms. The minimum atomic E-state index is -1.04. The Bertz CT molecular complexity index is 650. The SMILES string of the molecule is C=CC(=O)OC(C)CCOC(C)(C)C(=O)c1ccc(NCC(=O)O)cc1. The van der Waals surface area contributed by atoms with Crippen molar-refractivity contribution in [3.8, 4) is 0 Å². The van der Waals surface area contributed by atoms with Gasteiger partial charge in [0.2, 0.25) is 0 Å². The summed E-state index contributed by atoms with van der Waals surface area (Å²) in [6.45, 7) is 8.47. The molecule has 0 aliphatic rings. The van der Waals surface area contributed by atoms with Crippen LogP contribution in [0.3, 0.4) is 0 Å². The summed E-state index contributed by atoms with van der Waals surface area (Å²) in [5, 5.41) is 11.4. The van der Waals surface area contributed by atoms with Crippen LogP contribution in [0.2, 0.25) is 0 Å². The van der Waals surface area contributed by atoms with Crippen molar-refractivity contribution in [2.75, 3.05) is 18.5 Å². The van der Waals surface area contributed by atoms with E-state index in [1.165, 1.54) is 0 Å². The molecular formula is C19H25NO6. The van der Waals surface area contributed by atoms with Gasteiger partial charge in [0.15, 0.2) is 5.78 Å². The lowest BCUT2D eigenvalue weighted by Gasteiger charge is -2.25. The molecule has 1 atom stereocenters. The first-order valence-corrected chi connectivity index (χ1v) is 8.23. The summed E-state index contributed by atoms with van der Waals surface area (Å²) in [5.41, 5.74) is 0.0283. The minimum Gasteiger partial charge on any atom is -0.480 e. The van der Waals surface area contributed by atoms with Crippen molar-refractivity contribution in [2.24, 2.45) is 0 Å². The number of rotatable bonds is 11. The van der Waals surface area contributed by atoms with Gasteiger partial charge in [0, 0.05) is 23.7 Å². The molecule has 0 saturated heterocycles. The number of Topliss-reactive ketones (excluding diaryl/α,β-unsaturated/α-hetero) is 1. The van der Waals surface area contributed by atoms with Crippen LogP contribution in [0, 0.1) is 0 Å². The molecule has 0 amide bonds. The summed E-state index contributed by atoms with van der Waals surface area (Å²) in [6, 6.07) is 6.52. The molecule has 1 unspecified atom stereocenters. The number of nitrogens with one attached hydrogen (secondary N) is 1. The molecule has 7 heteroatoms. The number of esters is 1. The lowest BCUT2D eigenvalue weighted by molar-refractivity contribution is -0.143. The van der Waals surface area contributed by atoms with Gasteiger partial charge < -0.3 is 19.9 Å². The number of carbonyl (C=O) groups excluding carboxylic acids is 2. The third kappa shape index (κ3) is 7.06. The largest absolute Gasteiger partial charge is 0.480 e. The molecule has 0 bridgehead atoms. The quantitative estimate of drug-likeness (QED) is 0.354. The lowest BCUT2D eigenvalue weighted by atomic mass is 9.96. The van der Waals surface area contributed by atoms with Crippen LogP contribution in [0.1, 0.15) is 37.6 Å². The number of ketones is 1. The smallest absolute Gasteiger partial charge is 0.330 e. The predicted octanol–water partition coefficient (Wildman–Crippen LogP) is 2.67. The van der Waals surface area contributed by atoms with Crippen LogP contribution < -0.4 is 5.32 Å². The number of carboxylic acids is 1. The number of benzene rings is 1. The molecule has 0 saturated carbocycles. The second-order valence-corrected chi connectivity index (χ2v) is 6.25. The second-order valence-electron chi connectivity index (χ2n) is 6.25. The monoisotopic (exact) mass is 363 g/mol. The second kappa shape index (κ2) is 9.72. The van der Waals surface area contributed by atoms with E-state index >= 15 is 0 Å². The first-order valence-electron chi connectivity index (χ1n) is 8.23. The molecule has 142 valence electrons. The van der Waals surface area contributed by atoms with Crippen molar-refractivity contribution in [1.29, 1.82) is 0 Å². The molecule has 26 heavy (non-hydrogen) atoms. The number of hydrogen-bond donors (Lipinski definition) is 2. The average Bonchev–Trinajstić information content (AvgIpc) is 2.59. The van der Waals surface area contributed by atoms with E-state index in [0.29, 0.717) is 17.7 Å². The van der Waals surface area contributed by atoms with Gasteiger partial charge >= 0.3 is 11.9 Å². The number of carboxylic acid groups (broad SMARTS) is 1. The van der Waals surface area contributed by atoms with Crippen molar-refractivity contribution in [2.45, 2.75) is 38.9 Å². The highest BCUT2D eigenvalue weighted by Gasteiger charge is 2.29. The summed E-state index contributed by atoms with van der Waals surface area (Å²) < 4.78 is 10.7. The van der Waals surface area contributed by atoms with Crippen molar-refractivity contribution >= 4 is 23.4 Å². The zero-order valence-corrected chi connectivity index (χ0v) is 15.3. The molecular weight excluding hydrogens is 338 g/mol. The topological polar surface area (TPSA) is 102 Å². The average molecular weight is 363 g/mol. The first-order chi connectivity index (χ1) is 12.2. The fourth-order valence-corrected chi connectivity index (χ4v) is 2.12. The highest BCUT2D eigenvalue weighted by Crippen LogP contribution is 2.20. The number of ether oxygens (including phenoxy) is 2. The Morgan fingerprint density at radius 1 is 1.27 bits per heavy atom. The molecule has 0 heterocycles. The minimum absolute atomic E-state index is 0.196. The Balaban J connectivity index is 2.57. The van der Waals surface area contributed by atoms with E-state index in [9.17, 15) is 14.4 Å². The third-order valence-electron chi connectivity index (χ3n) is 3.61. The van der Waals surface area contributed by atoms with E-state index in [2.05, 4.69) is 11.9 Å². The predicted molar refractivity (Wildman–Crippen MR) is 97.3 cm³/mol. The van der Waals surface area contributed by atoms with E-state index in [1.54, 1.807) is 45.0 Å². The van der Waals surface area contributed by atoms with Gasteiger partial charge in [-0.2, -0.15) is 0 Å². The van der Waals surface area contributed by atoms with Crippen molar-refractivity contribution < 1.29 is 29.0 Å². The van der Waals surface area contributed by atoms with Gasteiger partial charge in [-0.1, -0.05) is 6.58 Å². The summed E-state index contributed by atoms with van der Waals surface area (Å²) in [7, 11) is 0. The van der Waals surface area contributed by atoms with Gasteiger partial charge in [-0.15, -0.1) is 0 Å². The summed E-state index contributed by atoms with van der Waals surface area (Å²) in [4.78, 5) is 34.3. The van der Waals surface area contributed by atoms with Crippen LogP contribution in [0.4, 0.5) is 5.69 Å². The van der Waals surface area contributed by atoms with Gasteiger partial charge in [0.25, 0.3) is 0 Å². The molecule has 0 fully saturated rings. The maximum atomic E-state index is 12.6. The zero-order valence-electron chi connectivity index (χ0n) is 15.3. The molecule has 0 radical (unpaired) electrons. The van der Waals surface area contributed by atoms with Gasteiger partial charge in [-0.05, 0) is 45.0 Å². The van der Waals surface area contributed by atoms with Crippen LogP contribution in [0.15, 0.2) is 36.9 Å². The Kier molecular flexibility index (Phi) is 7.99. The third-order valence-corrected chi connectivity index (χ3v) is 3.61. The molecule has 0 aliphatic heterocycles. The molecule has 0 aromatic heterocycles. The summed E-state index contributed by atoms with van der Waals surface area (Å²) in [6.07, 6.45) is 1.21. The van der Waals surface area contributed by atoms with Crippen molar-refractivity contribution in [3.63, 3.8) is 0 Å². The van der Waals surface area contributed by atoms with Gasteiger partial charge in [0.05, 0.1) is 6.61 Å². The number of aliphatic carboxylic acids is 1. The van der Waals surface area contributed by atoms with Crippen molar-refractivity contribution in [3.05, 3.63) is 42.5 Å². The standard InChI is InChI=1S/C19H25NO6/c1-5-17(23)26-13(2)10-11-25-19(3,4)18(24)14-6-8-15(9-7-14)20-12-16(21)22/h5-9,13,20H,1,10-12H2,2-4H3,(H,21,22). The van der Waals surface area contributed by atoms with Crippen LogP contribution >= 0.6 is 0 Å². The fourth-order valence-electron chi connectivity index (χ4n) is 2.12. The molecule has 7 nitrogen and oxygen atoms in total. The Morgan fingerprint density at radius 2 is 1.88 bits per heavy atom. The number of hydrogen-bond acceptors (Lipinski definition) is 6. The number of carbonyl (C=O) groups is 3. The zero-order chi connectivity index (χ0) is 19.7. The Hall–Kier alpha value is -2.67. The molecule has 1 rings (SSSR count). The maximum absolute atomic E-state index is 12.6. The van der Waals surface area contributed by atoms with Gasteiger partial charge in [0.1, 0.15) is 18.2 Å². The van der Waals surface area contributed by atoms with Crippen LogP contribution in [-0.4, -0.2) is 47.7 Å². The molecule has 2 N–H and O–H groups in total. The van der Waals surface area contributed by atoms with E-state index in [-0.39, 0.29) is 25.0 Å². The summed E-state index contributed by atoms with van der Waals surface area (Å²) in [5.74, 6) is -1.66. The Labute approximate surface area is 153 Å². The normalized spacial score (nSPS) is 12.1. The fraction of sp³-hybridized carbons (Fsp3) is 0.421. The highest BCUT2D eigenvalue weighted by molar-refractivity contribution is 6.02. The van der Waals surface area contributed by atoms with Crippen molar-refractivity contribution in [1.82, 2.24) is 0 Å². The highest BCUT2D eigenvalue weighted by atomic mass is 16.5.